The fraction of sp³-hybridized carbons (Fsp3) is 0.409. The standard InChI is InChI=1S/C22H19ClF4N2O3/c23-16-3-2-15(6-17(16)24)32-9-14(30)7-20-10-21(11-20,12-20)29-19(31)5-13-1-4-18(28-8-13)22(25,26)27/h1-4,6,8H,5,7,9-12H2,(H,29,31). The second kappa shape index (κ2) is 8.03. The molecule has 10 heteroatoms. The largest absolute Gasteiger partial charge is 0.486 e. The van der Waals surface area contributed by atoms with Crippen LogP contribution >= 0.6 is 11.6 Å². The van der Waals surface area contributed by atoms with Gasteiger partial charge in [-0.3, -0.25) is 14.6 Å². The number of halogens is 5. The molecule has 0 atom stereocenters. The number of benzene rings is 1. The summed E-state index contributed by atoms with van der Waals surface area (Å²) < 4.78 is 56.4. The van der Waals surface area contributed by atoms with Crippen molar-refractivity contribution in [3.63, 3.8) is 0 Å². The number of rotatable bonds is 8. The average molecular weight is 471 g/mol. The minimum absolute atomic E-state index is 0.0283. The van der Waals surface area contributed by atoms with Crippen molar-refractivity contribution >= 4 is 23.3 Å². The Morgan fingerprint density at radius 2 is 1.88 bits per heavy atom. The van der Waals surface area contributed by atoms with E-state index in [0.29, 0.717) is 31.2 Å². The lowest BCUT2D eigenvalue weighted by atomic mass is 9.38. The van der Waals surface area contributed by atoms with Gasteiger partial charge in [-0.25, -0.2) is 4.39 Å². The molecule has 32 heavy (non-hydrogen) atoms. The highest BCUT2D eigenvalue weighted by atomic mass is 35.5. The van der Waals surface area contributed by atoms with E-state index >= 15 is 0 Å². The van der Waals surface area contributed by atoms with E-state index in [2.05, 4.69) is 10.3 Å². The van der Waals surface area contributed by atoms with Gasteiger partial charge in [-0.15, -0.1) is 0 Å². The average Bonchev–Trinajstić information content (AvgIpc) is 2.66. The van der Waals surface area contributed by atoms with Crippen molar-refractivity contribution in [2.45, 2.75) is 43.8 Å². The molecule has 2 bridgehead atoms. The van der Waals surface area contributed by atoms with Gasteiger partial charge in [0.2, 0.25) is 5.91 Å². The molecule has 1 N–H and O–H groups in total. The van der Waals surface area contributed by atoms with Gasteiger partial charge in [0.15, 0.2) is 5.78 Å². The Morgan fingerprint density at radius 1 is 1.16 bits per heavy atom. The van der Waals surface area contributed by atoms with Gasteiger partial charge in [0, 0.05) is 24.2 Å². The first-order valence-electron chi connectivity index (χ1n) is 9.90. The Bertz CT molecular complexity index is 1040. The van der Waals surface area contributed by atoms with Crippen molar-refractivity contribution in [1.82, 2.24) is 10.3 Å². The highest BCUT2D eigenvalue weighted by Gasteiger charge is 2.68. The van der Waals surface area contributed by atoms with E-state index < -0.39 is 17.7 Å². The fourth-order valence-corrected chi connectivity index (χ4v) is 4.86. The molecule has 5 rings (SSSR count). The van der Waals surface area contributed by atoms with E-state index in [1.165, 1.54) is 18.2 Å². The first kappa shape index (κ1) is 22.5. The normalized spacial score (nSPS) is 23.7. The van der Waals surface area contributed by atoms with Crippen LogP contribution in [0.4, 0.5) is 17.6 Å². The molecule has 0 spiro atoms. The van der Waals surface area contributed by atoms with Crippen LogP contribution in [0.2, 0.25) is 5.02 Å². The second-order valence-corrected chi connectivity index (χ2v) is 9.07. The number of nitrogens with zero attached hydrogens (tertiary/aromatic N) is 1. The molecule has 1 aromatic heterocycles. The number of amides is 1. The molecule has 170 valence electrons. The monoisotopic (exact) mass is 470 g/mol. The summed E-state index contributed by atoms with van der Waals surface area (Å²) in [6.07, 6.45) is -1.23. The molecule has 0 saturated heterocycles. The Labute approximate surface area is 186 Å². The molecule has 3 saturated carbocycles. The summed E-state index contributed by atoms with van der Waals surface area (Å²) in [4.78, 5) is 27.9. The summed E-state index contributed by atoms with van der Waals surface area (Å²) in [6, 6.07) is 6.05. The molecule has 3 aliphatic carbocycles. The van der Waals surface area contributed by atoms with Crippen LogP contribution in [0.5, 0.6) is 5.75 Å². The summed E-state index contributed by atoms with van der Waals surface area (Å²) in [6.45, 7) is -0.177. The number of carbonyl (C=O) groups excluding carboxylic acids is 2. The van der Waals surface area contributed by atoms with Crippen LogP contribution in [0.15, 0.2) is 36.5 Å². The van der Waals surface area contributed by atoms with Crippen LogP contribution in [0.25, 0.3) is 0 Å². The molecular weight excluding hydrogens is 452 g/mol. The lowest BCUT2D eigenvalue weighted by molar-refractivity contribution is -0.172. The van der Waals surface area contributed by atoms with Crippen LogP contribution in [0.1, 0.15) is 36.9 Å². The van der Waals surface area contributed by atoms with Gasteiger partial charge in [0.25, 0.3) is 0 Å². The summed E-state index contributed by atoms with van der Waals surface area (Å²) in [5.74, 6) is -0.810. The first-order valence-corrected chi connectivity index (χ1v) is 10.3. The number of ether oxygens (including phenoxy) is 1. The number of Topliss-reactive ketones (excluding diaryl/α,β-unsaturated/α-hetero) is 1. The maximum atomic E-state index is 13.4. The second-order valence-electron chi connectivity index (χ2n) is 8.67. The summed E-state index contributed by atoms with van der Waals surface area (Å²) >= 11 is 5.61. The number of aromatic nitrogens is 1. The highest BCUT2D eigenvalue weighted by molar-refractivity contribution is 6.30. The molecule has 1 heterocycles. The van der Waals surface area contributed by atoms with Gasteiger partial charge in [-0.2, -0.15) is 13.2 Å². The van der Waals surface area contributed by atoms with Gasteiger partial charge in [0.1, 0.15) is 23.9 Å². The van der Waals surface area contributed by atoms with Crippen molar-refractivity contribution in [2.75, 3.05) is 6.61 Å². The fourth-order valence-electron chi connectivity index (χ4n) is 4.74. The number of ketones is 1. The van der Waals surface area contributed by atoms with Gasteiger partial charge in [-0.1, -0.05) is 17.7 Å². The van der Waals surface area contributed by atoms with E-state index in [9.17, 15) is 27.2 Å². The lowest BCUT2D eigenvalue weighted by Gasteiger charge is -2.70. The highest BCUT2D eigenvalue weighted by Crippen LogP contribution is 2.69. The minimum atomic E-state index is -4.52. The van der Waals surface area contributed by atoms with Crippen molar-refractivity contribution in [3.8, 4) is 5.75 Å². The van der Waals surface area contributed by atoms with E-state index in [4.69, 9.17) is 16.3 Å². The molecule has 0 radical (unpaired) electrons. The zero-order valence-corrected chi connectivity index (χ0v) is 17.5. The van der Waals surface area contributed by atoms with Crippen molar-refractivity contribution in [2.24, 2.45) is 5.41 Å². The quantitative estimate of drug-likeness (QED) is 0.576. The number of nitrogens with one attached hydrogen (secondary N) is 1. The molecule has 3 aliphatic rings. The molecule has 2 aromatic rings. The first-order chi connectivity index (χ1) is 15.0. The molecule has 1 aromatic carbocycles. The molecular formula is C22H19ClF4N2O3. The summed E-state index contributed by atoms with van der Waals surface area (Å²) in [5, 5.41) is 2.91. The third-order valence-electron chi connectivity index (χ3n) is 5.89. The Morgan fingerprint density at radius 3 is 2.47 bits per heavy atom. The number of hydrogen-bond acceptors (Lipinski definition) is 4. The van der Waals surface area contributed by atoms with Crippen molar-refractivity contribution in [3.05, 3.63) is 58.6 Å². The van der Waals surface area contributed by atoms with Crippen LogP contribution in [0.3, 0.4) is 0 Å². The van der Waals surface area contributed by atoms with Crippen LogP contribution in [0, 0.1) is 11.2 Å². The Balaban J connectivity index is 1.20. The Kier molecular flexibility index (Phi) is 5.65. The zero-order valence-electron chi connectivity index (χ0n) is 16.8. The molecule has 5 nitrogen and oxygen atoms in total. The molecule has 0 aliphatic heterocycles. The number of pyridine rings is 1. The van der Waals surface area contributed by atoms with E-state index in [0.717, 1.165) is 18.3 Å². The van der Waals surface area contributed by atoms with Crippen LogP contribution in [-0.4, -0.2) is 28.8 Å². The van der Waals surface area contributed by atoms with Crippen molar-refractivity contribution in [1.29, 1.82) is 0 Å². The van der Waals surface area contributed by atoms with Crippen molar-refractivity contribution < 1.29 is 31.9 Å². The third-order valence-corrected chi connectivity index (χ3v) is 6.19. The van der Waals surface area contributed by atoms with E-state index in [-0.39, 0.29) is 46.4 Å². The summed E-state index contributed by atoms with van der Waals surface area (Å²) in [5.41, 5.74) is -1.12. The topological polar surface area (TPSA) is 68.3 Å². The van der Waals surface area contributed by atoms with Crippen LogP contribution in [-0.2, 0) is 22.2 Å². The zero-order chi connectivity index (χ0) is 23.1. The number of alkyl halides is 3. The smallest absolute Gasteiger partial charge is 0.433 e. The SMILES string of the molecule is O=C(COc1ccc(Cl)c(F)c1)CC12CC(NC(=O)Cc3ccc(C(F)(F)F)nc3)(C1)C2. The maximum absolute atomic E-state index is 13.4. The molecule has 3 fully saturated rings. The van der Waals surface area contributed by atoms with Gasteiger partial charge < -0.3 is 10.1 Å². The third kappa shape index (κ3) is 4.72. The van der Waals surface area contributed by atoms with Gasteiger partial charge in [-0.05, 0) is 48.4 Å². The Hall–Kier alpha value is -2.68. The number of carbonyl (C=O) groups is 2. The maximum Gasteiger partial charge on any atom is 0.433 e. The predicted molar refractivity (Wildman–Crippen MR) is 107 cm³/mol. The van der Waals surface area contributed by atoms with Gasteiger partial charge in [0.05, 0.1) is 11.4 Å². The predicted octanol–water partition coefficient (Wildman–Crippen LogP) is 4.51. The molecule has 0 unspecified atom stereocenters. The van der Waals surface area contributed by atoms with Gasteiger partial charge >= 0.3 is 6.18 Å². The lowest BCUT2D eigenvalue weighted by Crippen LogP contribution is -2.75. The summed E-state index contributed by atoms with van der Waals surface area (Å²) in [7, 11) is 0. The number of hydrogen-bond donors (Lipinski definition) is 1. The van der Waals surface area contributed by atoms with E-state index in [1.54, 1.807) is 0 Å². The van der Waals surface area contributed by atoms with Crippen LogP contribution < -0.4 is 10.1 Å². The van der Waals surface area contributed by atoms with E-state index in [1.807, 2.05) is 0 Å². The molecule has 1 amide bonds. The minimum Gasteiger partial charge on any atom is -0.486 e.